The van der Waals surface area contributed by atoms with Crippen LogP contribution in [0.5, 0.6) is 0 Å². The smallest absolute Gasteiger partial charge is 0.239 e. The molecule has 5 fully saturated rings. The van der Waals surface area contributed by atoms with Gasteiger partial charge in [0, 0.05) is 11.6 Å². The Morgan fingerprint density at radius 1 is 1.20 bits per heavy atom. The van der Waals surface area contributed by atoms with Gasteiger partial charge in [-0.2, -0.15) is 5.10 Å². The summed E-state index contributed by atoms with van der Waals surface area (Å²) in [5.74, 6) is 2.83. The molecule has 1 heterocycles. The minimum atomic E-state index is -0.0384. The van der Waals surface area contributed by atoms with Crippen molar-refractivity contribution in [2.24, 2.45) is 33.4 Å². The second-order valence-electron chi connectivity index (χ2n) is 7.18. The first-order chi connectivity index (χ1) is 9.62. The van der Waals surface area contributed by atoms with Gasteiger partial charge in [-0.05, 0) is 63.2 Å². The van der Waals surface area contributed by atoms with Crippen molar-refractivity contribution in [3.63, 3.8) is 0 Å². The van der Waals surface area contributed by atoms with Crippen LogP contribution in [0.15, 0.2) is 10.2 Å². The molecule has 5 heteroatoms. The fourth-order valence-electron chi connectivity index (χ4n) is 5.05. The molecule has 0 unspecified atom stereocenters. The molecule has 1 aliphatic heterocycles. The Bertz CT molecular complexity index is 464. The van der Waals surface area contributed by atoms with Crippen molar-refractivity contribution in [2.75, 3.05) is 0 Å². The summed E-state index contributed by atoms with van der Waals surface area (Å²) in [6.07, 6.45) is 10.4. The van der Waals surface area contributed by atoms with Crippen LogP contribution >= 0.6 is 11.8 Å². The number of amides is 1. The molecular weight excluding hydrogens is 270 g/mol. The maximum atomic E-state index is 11.4. The lowest BCUT2D eigenvalue weighted by molar-refractivity contribution is -0.118. The predicted molar refractivity (Wildman–Crippen MR) is 81.7 cm³/mol. The number of nitrogens with one attached hydrogen (secondary N) is 1. The molecule has 0 aromatic heterocycles. The van der Waals surface area contributed by atoms with E-state index in [1.54, 1.807) is 0 Å². The van der Waals surface area contributed by atoms with Crippen LogP contribution in [0.3, 0.4) is 0 Å². The molecule has 1 saturated heterocycles. The molecule has 20 heavy (non-hydrogen) atoms. The standard InChI is InChI=1S/C15H21N3OS/c1-9-13(19)17-14(20-9)18-16-8-15-5-10-2-11(6-15)4-12(3-10)7-15/h8-12H,2-7H2,1H3,(H,17,18,19)/t9-,10?,11?,12?,15?/m0/s1. The van der Waals surface area contributed by atoms with E-state index in [1.807, 2.05) is 6.92 Å². The van der Waals surface area contributed by atoms with E-state index in [4.69, 9.17) is 0 Å². The molecule has 1 amide bonds. The third-order valence-corrected chi connectivity index (χ3v) is 6.43. The van der Waals surface area contributed by atoms with Crippen molar-refractivity contribution >= 4 is 29.1 Å². The Morgan fingerprint density at radius 3 is 2.30 bits per heavy atom. The molecule has 0 radical (unpaired) electrons. The molecule has 4 aliphatic carbocycles. The molecule has 4 saturated carbocycles. The Kier molecular flexibility index (Phi) is 2.95. The van der Waals surface area contributed by atoms with Gasteiger partial charge in [0.2, 0.25) is 5.91 Å². The van der Waals surface area contributed by atoms with Crippen molar-refractivity contribution in [3.8, 4) is 0 Å². The van der Waals surface area contributed by atoms with Gasteiger partial charge in [0.1, 0.15) is 0 Å². The Balaban J connectivity index is 1.48. The molecule has 0 aromatic rings. The summed E-state index contributed by atoms with van der Waals surface area (Å²) in [5, 5.41) is 11.9. The fraction of sp³-hybridized carbons (Fsp3) is 0.800. The first kappa shape index (κ1) is 12.9. The van der Waals surface area contributed by atoms with Crippen LogP contribution in [-0.2, 0) is 4.79 Å². The monoisotopic (exact) mass is 291 g/mol. The predicted octanol–water partition coefficient (Wildman–Crippen LogP) is 2.80. The van der Waals surface area contributed by atoms with Gasteiger partial charge in [-0.15, -0.1) is 5.10 Å². The summed E-state index contributed by atoms with van der Waals surface area (Å²) in [5.41, 5.74) is 0.317. The maximum Gasteiger partial charge on any atom is 0.239 e. The zero-order valence-corrected chi connectivity index (χ0v) is 12.7. The van der Waals surface area contributed by atoms with Crippen LogP contribution in [0.4, 0.5) is 0 Å². The number of nitrogens with zero attached hydrogens (tertiary/aromatic N) is 2. The summed E-state index contributed by atoms with van der Waals surface area (Å²) in [7, 11) is 0. The lowest BCUT2D eigenvalue weighted by Gasteiger charge is -2.55. The van der Waals surface area contributed by atoms with Gasteiger partial charge in [-0.3, -0.25) is 4.79 Å². The van der Waals surface area contributed by atoms with E-state index in [-0.39, 0.29) is 11.2 Å². The molecule has 1 N–H and O–H groups in total. The third-order valence-electron chi connectivity index (χ3n) is 5.45. The van der Waals surface area contributed by atoms with Gasteiger partial charge in [-0.1, -0.05) is 11.8 Å². The van der Waals surface area contributed by atoms with E-state index >= 15 is 0 Å². The van der Waals surface area contributed by atoms with Gasteiger partial charge in [0.15, 0.2) is 5.17 Å². The molecule has 5 aliphatic rings. The first-order valence-electron chi connectivity index (χ1n) is 7.72. The van der Waals surface area contributed by atoms with Gasteiger partial charge in [0.05, 0.1) is 5.25 Å². The average molecular weight is 291 g/mol. The summed E-state index contributed by atoms with van der Waals surface area (Å²) in [6.45, 7) is 1.89. The van der Waals surface area contributed by atoms with E-state index < -0.39 is 0 Å². The lowest BCUT2D eigenvalue weighted by Crippen LogP contribution is -2.46. The maximum absolute atomic E-state index is 11.4. The minimum absolute atomic E-state index is 0.0384. The van der Waals surface area contributed by atoms with Crippen LogP contribution < -0.4 is 5.32 Å². The van der Waals surface area contributed by atoms with Gasteiger partial charge >= 0.3 is 0 Å². The molecule has 4 nitrogen and oxygen atoms in total. The number of amidine groups is 1. The van der Waals surface area contributed by atoms with Crippen molar-refractivity contribution in [2.45, 2.75) is 50.7 Å². The molecule has 108 valence electrons. The second-order valence-corrected chi connectivity index (χ2v) is 8.51. The average Bonchev–Trinajstić information content (AvgIpc) is 2.66. The number of carbonyl (C=O) groups excluding carboxylic acids is 1. The van der Waals surface area contributed by atoms with Crippen molar-refractivity contribution in [1.82, 2.24) is 5.32 Å². The topological polar surface area (TPSA) is 53.8 Å². The molecule has 0 spiro atoms. The molecule has 1 atom stereocenters. The SMILES string of the molecule is C[C@@H]1S/C(=N/N=CC23CC4CC(CC(C4)C2)C3)NC1=O. The van der Waals surface area contributed by atoms with Crippen molar-refractivity contribution in [3.05, 3.63) is 0 Å². The normalized spacial score (nSPS) is 48.5. The van der Waals surface area contributed by atoms with Crippen LogP contribution in [0.25, 0.3) is 0 Å². The van der Waals surface area contributed by atoms with Crippen molar-refractivity contribution < 1.29 is 4.79 Å². The van der Waals surface area contributed by atoms with Crippen LogP contribution in [0, 0.1) is 23.2 Å². The van der Waals surface area contributed by atoms with E-state index in [0.717, 1.165) is 17.8 Å². The van der Waals surface area contributed by atoms with E-state index in [1.165, 1.54) is 50.3 Å². The summed E-state index contributed by atoms with van der Waals surface area (Å²) in [4.78, 5) is 11.4. The number of hydrogen-bond donors (Lipinski definition) is 1. The summed E-state index contributed by atoms with van der Waals surface area (Å²) < 4.78 is 0. The van der Waals surface area contributed by atoms with Crippen LogP contribution in [-0.4, -0.2) is 22.5 Å². The highest BCUT2D eigenvalue weighted by Crippen LogP contribution is 2.59. The van der Waals surface area contributed by atoms with Crippen LogP contribution in [0.2, 0.25) is 0 Å². The zero-order valence-electron chi connectivity index (χ0n) is 11.8. The minimum Gasteiger partial charge on any atom is -0.303 e. The van der Waals surface area contributed by atoms with Crippen molar-refractivity contribution in [1.29, 1.82) is 0 Å². The third kappa shape index (κ3) is 2.20. The number of thioether (sulfide) groups is 1. The molecule has 5 rings (SSSR count). The highest BCUT2D eigenvalue weighted by atomic mass is 32.2. The van der Waals surface area contributed by atoms with Gasteiger partial charge in [-0.25, -0.2) is 0 Å². The van der Waals surface area contributed by atoms with E-state index in [9.17, 15) is 4.79 Å². The molecule has 4 bridgehead atoms. The fourth-order valence-corrected chi connectivity index (χ4v) is 5.80. The molecular formula is C15H21N3OS. The zero-order chi connectivity index (χ0) is 13.7. The highest BCUT2D eigenvalue weighted by molar-refractivity contribution is 8.15. The van der Waals surface area contributed by atoms with Gasteiger partial charge < -0.3 is 5.32 Å². The molecule has 0 aromatic carbocycles. The number of carbonyl (C=O) groups is 1. The number of hydrogen-bond acceptors (Lipinski definition) is 4. The van der Waals surface area contributed by atoms with E-state index in [0.29, 0.717) is 10.6 Å². The lowest BCUT2D eigenvalue weighted by atomic mass is 9.50. The van der Waals surface area contributed by atoms with E-state index in [2.05, 4.69) is 21.7 Å². The number of rotatable bonds is 2. The second kappa shape index (κ2) is 4.58. The van der Waals surface area contributed by atoms with Gasteiger partial charge in [0.25, 0.3) is 0 Å². The summed E-state index contributed by atoms with van der Waals surface area (Å²) in [6, 6.07) is 0. The first-order valence-corrected chi connectivity index (χ1v) is 8.60. The Labute approximate surface area is 123 Å². The Morgan fingerprint density at radius 2 is 1.80 bits per heavy atom. The highest BCUT2D eigenvalue weighted by Gasteiger charge is 2.50. The summed E-state index contributed by atoms with van der Waals surface area (Å²) >= 11 is 1.47. The largest absolute Gasteiger partial charge is 0.303 e. The quantitative estimate of drug-likeness (QED) is 0.628. The Hall–Kier alpha value is -0.840. The van der Waals surface area contributed by atoms with Crippen LogP contribution in [0.1, 0.15) is 45.4 Å².